The standard InChI is InChI=1S/C18H21N3O3/c1-20-12-14(11-19-20)15-4-2-7-21(15)18(22)13-5-6-16-17(10-13)24-9-3-8-23-16/h5-6,10-12,15H,2-4,7-9H2,1H3/t15-/m0/s1. The van der Waals surface area contributed by atoms with E-state index in [1.165, 1.54) is 0 Å². The van der Waals surface area contributed by atoms with Crippen molar-refractivity contribution in [1.82, 2.24) is 14.7 Å². The molecule has 6 heteroatoms. The van der Waals surface area contributed by atoms with E-state index in [4.69, 9.17) is 9.47 Å². The Bertz CT molecular complexity index is 756. The summed E-state index contributed by atoms with van der Waals surface area (Å²) in [6.45, 7) is 2.04. The van der Waals surface area contributed by atoms with Gasteiger partial charge in [0.2, 0.25) is 0 Å². The predicted molar refractivity (Wildman–Crippen MR) is 88.3 cm³/mol. The molecule has 2 aliphatic rings. The molecule has 3 heterocycles. The number of amides is 1. The molecule has 6 nitrogen and oxygen atoms in total. The Morgan fingerprint density at radius 1 is 1.21 bits per heavy atom. The lowest BCUT2D eigenvalue weighted by molar-refractivity contribution is 0.0735. The third-order valence-corrected chi connectivity index (χ3v) is 4.62. The van der Waals surface area contributed by atoms with Gasteiger partial charge in [-0.2, -0.15) is 5.10 Å². The first-order chi connectivity index (χ1) is 11.7. The molecule has 4 rings (SSSR count). The summed E-state index contributed by atoms with van der Waals surface area (Å²) in [5, 5.41) is 4.24. The monoisotopic (exact) mass is 327 g/mol. The fourth-order valence-corrected chi connectivity index (χ4v) is 3.43. The summed E-state index contributed by atoms with van der Waals surface area (Å²) in [4.78, 5) is 15.0. The predicted octanol–water partition coefficient (Wildman–Crippen LogP) is 2.56. The highest BCUT2D eigenvalue weighted by Gasteiger charge is 2.31. The van der Waals surface area contributed by atoms with E-state index < -0.39 is 0 Å². The topological polar surface area (TPSA) is 56.6 Å². The third kappa shape index (κ3) is 2.72. The summed E-state index contributed by atoms with van der Waals surface area (Å²) in [5.74, 6) is 1.42. The number of aryl methyl sites for hydroxylation is 1. The summed E-state index contributed by atoms with van der Waals surface area (Å²) in [6.07, 6.45) is 6.68. The molecule has 1 amide bonds. The molecule has 1 aromatic heterocycles. The smallest absolute Gasteiger partial charge is 0.254 e. The van der Waals surface area contributed by atoms with Gasteiger partial charge in [-0.05, 0) is 31.0 Å². The van der Waals surface area contributed by atoms with Gasteiger partial charge in [-0.1, -0.05) is 0 Å². The van der Waals surface area contributed by atoms with E-state index in [0.717, 1.165) is 31.4 Å². The molecule has 0 radical (unpaired) electrons. The molecule has 0 saturated carbocycles. The highest BCUT2D eigenvalue weighted by molar-refractivity contribution is 5.95. The van der Waals surface area contributed by atoms with Crippen LogP contribution in [0.1, 0.15) is 41.2 Å². The first kappa shape index (κ1) is 15.1. The fraction of sp³-hybridized carbons (Fsp3) is 0.444. The second kappa shape index (κ2) is 6.19. The molecule has 1 aromatic carbocycles. The average molecular weight is 327 g/mol. The Balaban J connectivity index is 1.59. The lowest BCUT2D eigenvalue weighted by Crippen LogP contribution is -2.30. The number of fused-ring (bicyclic) bond motifs is 1. The summed E-state index contributed by atoms with van der Waals surface area (Å²) in [5.41, 5.74) is 1.74. The van der Waals surface area contributed by atoms with Crippen LogP contribution < -0.4 is 9.47 Å². The summed E-state index contributed by atoms with van der Waals surface area (Å²) in [6, 6.07) is 5.57. The molecule has 0 spiro atoms. The average Bonchev–Trinajstić information content (AvgIpc) is 3.17. The van der Waals surface area contributed by atoms with E-state index in [1.54, 1.807) is 4.68 Å². The van der Waals surface area contributed by atoms with Crippen LogP contribution in [0.4, 0.5) is 0 Å². The molecule has 24 heavy (non-hydrogen) atoms. The zero-order valence-corrected chi connectivity index (χ0v) is 13.8. The largest absolute Gasteiger partial charge is 0.490 e. The fourth-order valence-electron chi connectivity index (χ4n) is 3.43. The minimum Gasteiger partial charge on any atom is -0.490 e. The number of hydrogen-bond donors (Lipinski definition) is 0. The van der Waals surface area contributed by atoms with Gasteiger partial charge in [0.05, 0.1) is 25.5 Å². The highest BCUT2D eigenvalue weighted by Crippen LogP contribution is 2.35. The van der Waals surface area contributed by atoms with Crippen LogP contribution in [-0.4, -0.2) is 40.3 Å². The van der Waals surface area contributed by atoms with Crippen molar-refractivity contribution in [2.24, 2.45) is 7.05 Å². The van der Waals surface area contributed by atoms with Crippen molar-refractivity contribution in [2.75, 3.05) is 19.8 Å². The van der Waals surface area contributed by atoms with Crippen molar-refractivity contribution < 1.29 is 14.3 Å². The molecule has 2 aromatic rings. The van der Waals surface area contributed by atoms with Crippen molar-refractivity contribution in [3.05, 3.63) is 41.7 Å². The van der Waals surface area contributed by atoms with Gasteiger partial charge in [0, 0.05) is 37.3 Å². The zero-order chi connectivity index (χ0) is 16.5. The van der Waals surface area contributed by atoms with Crippen LogP contribution in [0.25, 0.3) is 0 Å². The Kier molecular flexibility index (Phi) is 3.88. The molecule has 0 N–H and O–H groups in total. The SMILES string of the molecule is Cn1cc([C@@H]2CCCN2C(=O)c2ccc3c(c2)OCCCO3)cn1. The molecular weight excluding hydrogens is 306 g/mol. The molecule has 2 aliphatic heterocycles. The molecule has 0 aliphatic carbocycles. The first-order valence-corrected chi connectivity index (χ1v) is 8.41. The third-order valence-electron chi connectivity index (χ3n) is 4.62. The van der Waals surface area contributed by atoms with Crippen LogP contribution in [0.5, 0.6) is 11.5 Å². The van der Waals surface area contributed by atoms with Crippen molar-refractivity contribution in [3.8, 4) is 11.5 Å². The van der Waals surface area contributed by atoms with Crippen LogP contribution in [-0.2, 0) is 7.05 Å². The lowest BCUT2D eigenvalue weighted by Gasteiger charge is -2.24. The van der Waals surface area contributed by atoms with Gasteiger partial charge < -0.3 is 14.4 Å². The minimum absolute atomic E-state index is 0.0389. The number of rotatable bonds is 2. The van der Waals surface area contributed by atoms with E-state index in [-0.39, 0.29) is 11.9 Å². The van der Waals surface area contributed by atoms with Crippen LogP contribution in [0.3, 0.4) is 0 Å². The molecule has 0 unspecified atom stereocenters. The van der Waals surface area contributed by atoms with E-state index in [2.05, 4.69) is 5.10 Å². The first-order valence-electron chi connectivity index (χ1n) is 8.41. The summed E-state index contributed by atoms with van der Waals surface area (Å²) in [7, 11) is 1.90. The lowest BCUT2D eigenvalue weighted by atomic mass is 10.1. The maximum absolute atomic E-state index is 13.0. The van der Waals surface area contributed by atoms with Gasteiger partial charge in [0.25, 0.3) is 5.91 Å². The Morgan fingerprint density at radius 2 is 2.04 bits per heavy atom. The van der Waals surface area contributed by atoms with E-state index in [0.29, 0.717) is 30.3 Å². The number of ether oxygens (including phenoxy) is 2. The number of likely N-dealkylation sites (tertiary alicyclic amines) is 1. The van der Waals surface area contributed by atoms with Gasteiger partial charge in [0.15, 0.2) is 11.5 Å². The van der Waals surface area contributed by atoms with Gasteiger partial charge >= 0.3 is 0 Å². The highest BCUT2D eigenvalue weighted by atomic mass is 16.5. The van der Waals surface area contributed by atoms with E-state index in [1.807, 2.05) is 42.5 Å². The Morgan fingerprint density at radius 3 is 2.83 bits per heavy atom. The number of hydrogen-bond acceptors (Lipinski definition) is 4. The maximum Gasteiger partial charge on any atom is 0.254 e. The minimum atomic E-state index is 0.0389. The zero-order valence-electron chi connectivity index (χ0n) is 13.8. The molecule has 126 valence electrons. The molecule has 0 bridgehead atoms. The molecule has 1 saturated heterocycles. The van der Waals surface area contributed by atoms with Crippen molar-refractivity contribution >= 4 is 5.91 Å². The van der Waals surface area contributed by atoms with Crippen LogP contribution >= 0.6 is 0 Å². The Labute approximate surface area is 141 Å². The maximum atomic E-state index is 13.0. The van der Waals surface area contributed by atoms with E-state index >= 15 is 0 Å². The Hall–Kier alpha value is -2.50. The normalized spacial score (nSPS) is 20.0. The van der Waals surface area contributed by atoms with Crippen molar-refractivity contribution in [2.45, 2.75) is 25.3 Å². The molecule has 1 fully saturated rings. The number of nitrogens with zero attached hydrogens (tertiary/aromatic N) is 3. The summed E-state index contributed by atoms with van der Waals surface area (Å²) >= 11 is 0. The van der Waals surface area contributed by atoms with Crippen molar-refractivity contribution in [3.63, 3.8) is 0 Å². The van der Waals surface area contributed by atoms with Gasteiger partial charge in [-0.15, -0.1) is 0 Å². The molecular formula is C18H21N3O3. The van der Waals surface area contributed by atoms with Crippen molar-refractivity contribution in [1.29, 1.82) is 0 Å². The van der Waals surface area contributed by atoms with Crippen LogP contribution in [0.2, 0.25) is 0 Å². The number of carbonyl (C=O) groups is 1. The molecule has 1 atom stereocenters. The summed E-state index contributed by atoms with van der Waals surface area (Å²) < 4.78 is 13.1. The van der Waals surface area contributed by atoms with Gasteiger partial charge in [-0.25, -0.2) is 0 Å². The quantitative estimate of drug-likeness (QED) is 0.851. The van der Waals surface area contributed by atoms with Gasteiger partial charge in [0.1, 0.15) is 0 Å². The second-order valence-electron chi connectivity index (χ2n) is 6.32. The van der Waals surface area contributed by atoms with Crippen LogP contribution in [0.15, 0.2) is 30.6 Å². The number of aromatic nitrogens is 2. The number of carbonyl (C=O) groups excluding carboxylic acids is 1. The number of benzene rings is 1. The van der Waals surface area contributed by atoms with Gasteiger partial charge in [-0.3, -0.25) is 9.48 Å². The van der Waals surface area contributed by atoms with Crippen LogP contribution in [0, 0.1) is 0 Å². The second-order valence-corrected chi connectivity index (χ2v) is 6.32. The van der Waals surface area contributed by atoms with E-state index in [9.17, 15) is 4.79 Å².